The third kappa shape index (κ3) is 4.39. The van der Waals surface area contributed by atoms with Crippen LogP contribution in [0.1, 0.15) is 37.7 Å². The average molecular weight is 302 g/mol. The Kier molecular flexibility index (Phi) is 4.92. The van der Waals surface area contributed by atoms with Gasteiger partial charge in [-0.2, -0.15) is 5.10 Å². The Labute approximate surface area is 130 Å². The van der Waals surface area contributed by atoms with Gasteiger partial charge in [-0.05, 0) is 30.0 Å². The molecule has 1 unspecified atom stereocenters. The van der Waals surface area contributed by atoms with Crippen LogP contribution >= 0.6 is 0 Å². The van der Waals surface area contributed by atoms with E-state index in [0.717, 1.165) is 5.69 Å². The molecule has 2 rings (SSSR count). The number of hydrogen-bond donors (Lipinski definition) is 2. The lowest BCUT2D eigenvalue weighted by molar-refractivity contribution is 0.0892. The molecule has 22 heavy (non-hydrogen) atoms. The van der Waals surface area contributed by atoms with Crippen molar-refractivity contribution in [3.63, 3.8) is 0 Å². The zero-order chi connectivity index (χ0) is 16.2. The number of nitrogens with zero attached hydrogens (tertiary/aromatic N) is 3. The second-order valence-electron chi connectivity index (χ2n) is 6.47. The van der Waals surface area contributed by atoms with Crippen molar-refractivity contribution in [1.82, 2.24) is 20.1 Å². The van der Waals surface area contributed by atoms with Crippen molar-refractivity contribution < 1.29 is 9.90 Å². The van der Waals surface area contributed by atoms with E-state index in [2.05, 4.69) is 36.2 Å². The summed E-state index contributed by atoms with van der Waals surface area (Å²) in [4.78, 5) is 16.4. The SMILES string of the molecule is CC(C)(C)CC(CO)NC(=O)c1cc(-n2cccn2)ccn1. The molecule has 1 atom stereocenters. The molecule has 0 spiro atoms. The van der Waals surface area contributed by atoms with Gasteiger partial charge in [0.15, 0.2) is 0 Å². The van der Waals surface area contributed by atoms with Crippen LogP contribution in [0.15, 0.2) is 36.8 Å². The number of pyridine rings is 1. The minimum absolute atomic E-state index is 0.0189. The van der Waals surface area contributed by atoms with Gasteiger partial charge in [0.25, 0.3) is 5.91 Å². The van der Waals surface area contributed by atoms with Crippen LogP contribution in [0, 0.1) is 5.41 Å². The van der Waals surface area contributed by atoms with E-state index >= 15 is 0 Å². The first-order chi connectivity index (χ1) is 10.4. The number of carbonyl (C=O) groups excluding carboxylic acids is 1. The van der Waals surface area contributed by atoms with Gasteiger partial charge in [-0.3, -0.25) is 9.78 Å². The Hall–Kier alpha value is -2.21. The second kappa shape index (κ2) is 6.70. The Balaban J connectivity index is 2.11. The Morgan fingerprint density at radius 1 is 1.41 bits per heavy atom. The smallest absolute Gasteiger partial charge is 0.270 e. The maximum absolute atomic E-state index is 12.3. The molecule has 2 N–H and O–H groups in total. The molecule has 0 aliphatic heterocycles. The predicted octanol–water partition coefficient (Wildman–Crippen LogP) is 1.79. The molecule has 2 heterocycles. The number of hydrogen-bond acceptors (Lipinski definition) is 4. The molecule has 0 fully saturated rings. The fourth-order valence-corrected chi connectivity index (χ4v) is 2.27. The molecule has 1 amide bonds. The van der Waals surface area contributed by atoms with E-state index in [1.54, 1.807) is 35.4 Å². The van der Waals surface area contributed by atoms with Gasteiger partial charge in [0.05, 0.1) is 18.3 Å². The van der Waals surface area contributed by atoms with Crippen molar-refractivity contribution >= 4 is 5.91 Å². The first-order valence-electron chi connectivity index (χ1n) is 7.27. The zero-order valence-corrected chi connectivity index (χ0v) is 13.2. The maximum Gasteiger partial charge on any atom is 0.270 e. The number of aliphatic hydroxyl groups is 1. The lowest BCUT2D eigenvalue weighted by Crippen LogP contribution is -2.40. The van der Waals surface area contributed by atoms with E-state index in [1.165, 1.54) is 0 Å². The number of aliphatic hydroxyl groups excluding tert-OH is 1. The summed E-state index contributed by atoms with van der Waals surface area (Å²) in [5.41, 5.74) is 1.09. The molecule has 6 nitrogen and oxygen atoms in total. The summed E-state index contributed by atoms with van der Waals surface area (Å²) < 4.78 is 1.66. The second-order valence-corrected chi connectivity index (χ2v) is 6.47. The molecular formula is C16H22N4O2. The first-order valence-corrected chi connectivity index (χ1v) is 7.27. The van der Waals surface area contributed by atoms with Crippen molar-refractivity contribution in [1.29, 1.82) is 0 Å². The van der Waals surface area contributed by atoms with Gasteiger partial charge in [-0.15, -0.1) is 0 Å². The van der Waals surface area contributed by atoms with Gasteiger partial charge in [-0.1, -0.05) is 20.8 Å². The summed E-state index contributed by atoms with van der Waals surface area (Å²) in [6.45, 7) is 6.11. The van der Waals surface area contributed by atoms with E-state index in [9.17, 15) is 9.90 Å². The molecule has 118 valence electrons. The standard InChI is InChI=1S/C16H22N4O2/c1-16(2,3)10-12(11-21)19-15(22)14-9-13(5-7-17-14)20-8-4-6-18-20/h4-9,12,21H,10-11H2,1-3H3,(H,19,22). The van der Waals surface area contributed by atoms with Crippen LogP contribution in [0.4, 0.5) is 0 Å². The van der Waals surface area contributed by atoms with Gasteiger partial charge in [0.1, 0.15) is 5.69 Å². The Morgan fingerprint density at radius 2 is 2.18 bits per heavy atom. The fraction of sp³-hybridized carbons (Fsp3) is 0.438. The normalized spacial score (nSPS) is 12.9. The molecule has 0 aliphatic rings. The average Bonchev–Trinajstić information content (AvgIpc) is 2.99. The van der Waals surface area contributed by atoms with Crippen molar-refractivity contribution in [2.45, 2.75) is 33.2 Å². The molecule has 0 aromatic carbocycles. The molecule has 6 heteroatoms. The number of aromatic nitrogens is 3. The van der Waals surface area contributed by atoms with E-state index in [1.807, 2.05) is 6.07 Å². The zero-order valence-electron chi connectivity index (χ0n) is 13.2. The van der Waals surface area contributed by atoms with Gasteiger partial charge in [0, 0.05) is 18.6 Å². The molecule has 2 aromatic heterocycles. The fourth-order valence-electron chi connectivity index (χ4n) is 2.27. The highest BCUT2D eigenvalue weighted by Crippen LogP contribution is 2.20. The van der Waals surface area contributed by atoms with Crippen molar-refractivity contribution in [3.8, 4) is 5.69 Å². The number of carbonyl (C=O) groups is 1. The van der Waals surface area contributed by atoms with E-state index < -0.39 is 0 Å². The summed E-state index contributed by atoms with van der Waals surface area (Å²) in [6, 6.07) is 4.98. The summed E-state index contributed by atoms with van der Waals surface area (Å²) in [6.07, 6.45) is 5.73. The highest BCUT2D eigenvalue weighted by atomic mass is 16.3. The third-order valence-corrected chi connectivity index (χ3v) is 3.16. The molecule has 0 saturated heterocycles. The molecule has 0 aliphatic carbocycles. The molecule has 2 aromatic rings. The van der Waals surface area contributed by atoms with Gasteiger partial charge in [0.2, 0.25) is 0 Å². The number of amides is 1. The Morgan fingerprint density at radius 3 is 2.77 bits per heavy atom. The molecule has 0 radical (unpaired) electrons. The van der Waals surface area contributed by atoms with Gasteiger partial charge >= 0.3 is 0 Å². The number of rotatable bonds is 5. The minimum Gasteiger partial charge on any atom is -0.394 e. The summed E-state index contributed by atoms with van der Waals surface area (Å²) in [5.74, 6) is -0.294. The van der Waals surface area contributed by atoms with Crippen molar-refractivity contribution in [2.24, 2.45) is 5.41 Å². The van der Waals surface area contributed by atoms with Crippen LogP contribution < -0.4 is 5.32 Å². The first kappa shape index (κ1) is 16.2. The number of nitrogens with one attached hydrogen (secondary N) is 1. The summed E-state index contributed by atoms with van der Waals surface area (Å²) in [7, 11) is 0. The van der Waals surface area contributed by atoms with Gasteiger partial charge < -0.3 is 10.4 Å². The summed E-state index contributed by atoms with van der Waals surface area (Å²) in [5, 5.41) is 16.4. The van der Waals surface area contributed by atoms with Crippen LogP contribution in [0.2, 0.25) is 0 Å². The van der Waals surface area contributed by atoms with Crippen molar-refractivity contribution in [2.75, 3.05) is 6.61 Å². The minimum atomic E-state index is -0.294. The molecule has 0 bridgehead atoms. The molecular weight excluding hydrogens is 280 g/mol. The summed E-state index contributed by atoms with van der Waals surface area (Å²) >= 11 is 0. The predicted molar refractivity (Wildman–Crippen MR) is 83.8 cm³/mol. The van der Waals surface area contributed by atoms with E-state index in [0.29, 0.717) is 12.1 Å². The van der Waals surface area contributed by atoms with Crippen LogP contribution in [-0.2, 0) is 0 Å². The van der Waals surface area contributed by atoms with Gasteiger partial charge in [-0.25, -0.2) is 4.68 Å². The third-order valence-electron chi connectivity index (χ3n) is 3.16. The molecule has 0 saturated carbocycles. The lowest BCUT2D eigenvalue weighted by Gasteiger charge is -2.25. The highest BCUT2D eigenvalue weighted by molar-refractivity contribution is 5.92. The van der Waals surface area contributed by atoms with Crippen molar-refractivity contribution in [3.05, 3.63) is 42.5 Å². The largest absolute Gasteiger partial charge is 0.394 e. The Bertz CT molecular complexity index is 617. The van der Waals surface area contributed by atoms with Crippen LogP contribution in [0.25, 0.3) is 5.69 Å². The van der Waals surface area contributed by atoms with Crippen LogP contribution in [0.5, 0.6) is 0 Å². The lowest BCUT2D eigenvalue weighted by atomic mass is 9.88. The monoisotopic (exact) mass is 302 g/mol. The highest BCUT2D eigenvalue weighted by Gasteiger charge is 2.21. The van der Waals surface area contributed by atoms with Crippen LogP contribution in [0.3, 0.4) is 0 Å². The maximum atomic E-state index is 12.3. The van der Waals surface area contributed by atoms with Crippen LogP contribution in [-0.4, -0.2) is 38.4 Å². The van der Waals surface area contributed by atoms with E-state index in [-0.39, 0.29) is 24.0 Å². The topological polar surface area (TPSA) is 80.0 Å². The van der Waals surface area contributed by atoms with E-state index in [4.69, 9.17) is 0 Å². The quantitative estimate of drug-likeness (QED) is 0.882.